The molecule has 166 valence electrons. The zero-order chi connectivity index (χ0) is 23.4. The predicted molar refractivity (Wildman–Crippen MR) is 123 cm³/mol. The Labute approximate surface area is 191 Å². The van der Waals surface area contributed by atoms with E-state index in [9.17, 15) is 10.1 Å². The number of benzene rings is 3. The first-order valence-corrected chi connectivity index (χ1v) is 10.4. The minimum atomic E-state index is -0.463. The summed E-state index contributed by atoms with van der Waals surface area (Å²) in [6.45, 7) is 3.64. The SMILES string of the molecule is CCO/C=N/C1=C(C#N)C(c2ccc(OC)cc2)c2c(ccc3ccc(OC(C)=O)cc23)O1. The van der Waals surface area contributed by atoms with E-state index in [1.54, 1.807) is 19.2 Å². The molecular formula is C26H22N2O5. The van der Waals surface area contributed by atoms with Crippen LogP contribution < -0.4 is 14.2 Å². The maximum Gasteiger partial charge on any atom is 0.308 e. The van der Waals surface area contributed by atoms with Gasteiger partial charge < -0.3 is 18.9 Å². The second-order valence-electron chi connectivity index (χ2n) is 7.28. The van der Waals surface area contributed by atoms with Crippen LogP contribution in [-0.4, -0.2) is 26.1 Å². The van der Waals surface area contributed by atoms with Crippen molar-refractivity contribution >= 4 is 23.1 Å². The predicted octanol–water partition coefficient (Wildman–Crippen LogP) is 5.10. The van der Waals surface area contributed by atoms with Crippen molar-refractivity contribution in [2.24, 2.45) is 4.99 Å². The summed E-state index contributed by atoms with van der Waals surface area (Å²) in [5.74, 6) is 0.986. The molecule has 7 nitrogen and oxygen atoms in total. The number of ether oxygens (including phenoxy) is 4. The van der Waals surface area contributed by atoms with Gasteiger partial charge >= 0.3 is 5.97 Å². The summed E-state index contributed by atoms with van der Waals surface area (Å²) in [5.41, 5.74) is 2.00. The molecule has 1 atom stereocenters. The van der Waals surface area contributed by atoms with Crippen LogP contribution in [-0.2, 0) is 9.53 Å². The van der Waals surface area contributed by atoms with Crippen LogP contribution in [0, 0.1) is 11.3 Å². The summed E-state index contributed by atoms with van der Waals surface area (Å²) < 4.78 is 21.9. The quantitative estimate of drug-likeness (QED) is 0.228. The van der Waals surface area contributed by atoms with E-state index in [4.69, 9.17) is 18.9 Å². The number of allylic oxidation sites excluding steroid dienone is 1. The molecule has 0 aliphatic carbocycles. The smallest absolute Gasteiger partial charge is 0.308 e. The molecule has 0 saturated carbocycles. The molecule has 3 aromatic rings. The fourth-order valence-electron chi connectivity index (χ4n) is 3.84. The number of hydrogen-bond acceptors (Lipinski definition) is 7. The van der Waals surface area contributed by atoms with E-state index in [1.165, 1.54) is 13.3 Å². The summed E-state index contributed by atoms with van der Waals surface area (Å²) >= 11 is 0. The van der Waals surface area contributed by atoms with Crippen LogP contribution in [0.3, 0.4) is 0 Å². The number of fused-ring (bicyclic) bond motifs is 3. The molecule has 1 aliphatic rings. The first-order chi connectivity index (χ1) is 16.0. The van der Waals surface area contributed by atoms with Gasteiger partial charge in [-0.2, -0.15) is 10.3 Å². The Bertz CT molecular complexity index is 1300. The Morgan fingerprint density at radius 3 is 2.55 bits per heavy atom. The zero-order valence-electron chi connectivity index (χ0n) is 18.5. The monoisotopic (exact) mass is 442 g/mol. The van der Waals surface area contributed by atoms with Gasteiger partial charge in [0, 0.05) is 12.5 Å². The van der Waals surface area contributed by atoms with Crippen molar-refractivity contribution in [3.05, 3.63) is 77.2 Å². The molecule has 3 aromatic carbocycles. The average molecular weight is 442 g/mol. The fourth-order valence-corrected chi connectivity index (χ4v) is 3.84. The molecule has 1 aliphatic heterocycles. The highest BCUT2D eigenvalue weighted by Gasteiger charge is 2.33. The Kier molecular flexibility index (Phi) is 6.27. The molecule has 0 radical (unpaired) electrons. The van der Waals surface area contributed by atoms with Gasteiger partial charge in [0.1, 0.15) is 28.9 Å². The van der Waals surface area contributed by atoms with Crippen LogP contribution in [0.4, 0.5) is 0 Å². The topological polar surface area (TPSA) is 90.1 Å². The van der Waals surface area contributed by atoms with Crippen molar-refractivity contribution in [3.63, 3.8) is 0 Å². The van der Waals surface area contributed by atoms with Crippen LogP contribution in [0.2, 0.25) is 0 Å². The van der Waals surface area contributed by atoms with Gasteiger partial charge in [-0.25, -0.2) is 0 Å². The Hall–Kier alpha value is -4.31. The van der Waals surface area contributed by atoms with Gasteiger partial charge in [-0.15, -0.1) is 0 Å². The van der Waals surface area contributed by atoms with Gasteiger partial charge in [0.2, 0.25) is 5.88 Å². The van der Waals surface area contributed by atoms with Crippen LogP contribution in [0.1, 0.15) is 30.9 Å². The number of aliphatic imine (C=N–C) groups is 1. The molecule has 0 bridgehead atoms. The standard InChI is InChI=1S/C26H22N2O5/c1-4-31-15-28-26-22(14-27)24(18-6-9-19(30-3)10-7-18)25-21-13-20(32-16(2)29)11-5-17(21)8-12-23(25)33-26/h5-13,15,24H,4H2,1-3H3/b28-15+. The average Bonchev–Trinajstić information content (AvgIpc) is 2.82. The zero-order valence-corrected chi connectivity index (χ0v) is 18.5. The number of carbonyl (C=O) groups excluding carboxylic acids is 1. The summed E-state index contributed by atoms with van der Waals surface area (Å²) in [7, 11) is 1.60. The van der Waals surface area contributed by atoms with E-state index in [2.05, 4.69) is 11.1 Å². The molecule has 0 fully saturated rings. The van der Waals surface area contributed by atoms with Crippen LogP contribution >= 0.6 is 0 Å². The lowest BCUT2D eigenvalue weighted by molar-refractivity contribution is -0.131. The molecular weight excluding hydrogens is 420 g/mol. The fraction of sp³-hybridized carbons (Fsp3) is 0.192. The normalized spacial score (nSPS) is 15.0. The van der Waals surface area contributed by atoms with Crippen LogP contribution in [0.5, 0.6) is 17.2 Å². The summed E-state index contributed by atoms with van der Waals surface area (Å²) in [6, 6.07) is 19.0. The van der Waals surface area contributed by atoms with E-state index in [-0.39, 0.29) is 5.88 Å². The number of hydrogen-bond donors (Lipinski definition) is 0. The summed E-state index contributed by atoms with van der Waals surface area (Å²) in [4.78, 5) is 15.8. The maximum absolute atomic E-state index is 11.5. The molecule has 1 heterocycles. The van der Waals surface area contributed by atoms with E-state index in [0.29, 0.717) is 29.4 Å². The minimum absolute atomic E-state index is 0.176. The van der Waals surface area contributed by atoms with Gasteiger partial charge in [0.15, 0.2) is 6.40 Å². The van der Waals surface area contributed by atoms with Crippen molar-refractivity contribution in [3.8, 4) is 23.3 Å². The highest BCUT2D eigenvalue weighted by molar-refractivity contribution is 5.91. The lowest BCUT2D eigenvalue weighted by atomic mass is 9.81. The molecule has 0 N–H and O–H groups in total. The van der Waals surface area contributed by atoms with Gasteiger partial charge in [0.05, 0.1) is 19.6 Å². The van der Waals surface area contributed by atoms with Crippen molar-refractivity contribution in [2.45, 2.75) is 19.8 Å². The highest BCUT2D eigenvalue weighted by atomic mass is 16.5. The van der Waals surface area contributed by atoms with E-state index < -0.39 is 11.9 Å². The largest absolute Gasteiger partial charge is 0.497 e. The molecule has 0 spiro atoms. The van der Waals surface area contributed by atoms with Crippen molar-refractivity contribution < 1.29 is 23.7 Å². The second-order valence-corrected chi connectivity index (χ2v) is 7.28. The number of nitrogens with zero attached hydrogens (tertiary/aromatic N) is 2. The molecule has 0 amide bonds. The lowest BCUT2D eigenvalue weighted by Crippen LogP contribution is -2.16. The summed E-state index contributed by atoms with van der Waals surface area (Å²) in [5, 5.41) is 11.9. The van der Waals surface area contributed by atoms with Gasteiger partial charge in [-0.05, 0) is 53.6 Å². The number of esters is 1. The Morgan fingerprint density at radius 2 is 1.88 bits per heavy atom. The highest BCUT2D eigenvalue weighted by Crippen LogP contribution is 2.47. The van der Waals surface area contributed by atoms with Crippen LogP contribution in [0.25, 0.3) is 10.8 Å². The van der Waals surface area contributed by atoms with Gasteiger partial charge in [0.25, 0.3) is 0 Å². The number of rotatable bonds is 6. The van der Waals surface area contributed by atoms with Crippen molar-refractivity contribution in [1.82, 2.24) is 0 Å². The number of methoxy groups -OCH3 is 1. The number of carbonyl (C=O) groups is 1. The molecule has 7 heteroatoms. The third-order valence-corrected chi connectivity index (χ3v) is 5.25. The Morgan fingerprint density at radius 1 is 1.15 bits per heavy atom. The first kappa shape index (κ1) is 21.9. The van der Waals surface area contributed by atoms with E-state index >= 15 is 0 Å². The molecule has 33 heavy (non-hydrogen) atoms. The van der Waals surface area contributed by atoms with Gasteiger partial charge in [-0.3, -0.25) is 4.79 Å². The summed E-state index contributed by atoms with van der Waals surface area (Å²) in [6.07, 6.45) is 1.28. The molecule has 4 rings (SSSR count). The van der Waals surface area contributed by atoms with Gasteiger partial charge in [-0.1, -0.05) is 24.3 Å². The third-order valence-electron chi connectivity index (χ3n) is 5.25. The van der Waals surface area contributed by atoms with Crippen LogP contribution in [0.15, 0.2) is 71.0 Å². The molecule has 0 aromatic heterocycles. The second kappa shape index (κ2) is 9.45. The van der Waals surface area contributed by atoms with Crippen molar-refractivity contribution in [2.75, 3.05) is 13.7 Å². The maximum atomic E-state index is 11.5. The molecule has 1 unspecified atom stereocenters. The van der Waals surface area contributed by atoms with E-state index in [0.717, 1.165) is 21.9 Å². The minimum Gasteiger partial charge on any atom is -0.497 e. The third kappa shape index (κ3) is 4.37. The van der Waals surface area contributed by atoms with E-state index in [1.807, 2.05) is 49.4 Å². The molecule has 0 saturated heterocycles. The van der Waals surface area contributed by atoms with Crippen molar-refractivity contribution in [1.29, 1.82) is 5.26 Å². The lowest BCUT2D eigenvalue weighted by Gasteiger charge is -2.28. The Balaban J connectivity index is 1.97. The first-order valence-electron chi connectivity index (χ1n) is 10.4. The number of nitriles is 1.